The number of furan rings is 2. The molecule has 2 rings (SSSR count). The number of carbonyl (C=O) groups is 2. The van der Waals surface area contributed by atoms with Crippen LogP contribution in [0.2, 0.25) is 0 Å². The van der Waals surface area contributed by atoms with Crippen LogP contribution in [0.5, 0.6) is 0 Å². The van der Waals surface area contributed by atoms with Gasteiger partial charge in [-0.1, -0.05) is 0 Å². The number of hydrogen-bond donors (Lipinski definition) is 0. The van der Waals surface area contributed by atoms with E-state index in [0.717, 1.165) is 0 Å². The Hall–Kier alpha value is -2.30. The summed E-state index contributed by atoms with van der Waals surface area (Å²) in [5, 5.41) is 0. The predicted molar refractivity (Wildman–Crippen MR) is 56.6 cm³/mol. The van der Waals surface area contributed by atoms with Crippen molar-refractivity contribution in [3.05, 3.63) is 47.3 Å². The highest BCUT2D eigenvalue weighted by Gasteiger charge is 2.20. The minimum Gasteiger partial charge on any atom is -0.469 e. The number of esters is 2. The molecular formula is C12H10O5. The summed E-state index contributed by atoms with van der Waals surface area (Å²) in [7, 11) is 0. The molecule has 0 saturated carbocycles. The number of ether oxygens (including phenoxy) is 1. The third kappa shape index (κ3) is 2.13. The van der Waals surface area contributed by atoms with E-state index in [2.05, 4.69) is 0 Å². The van der Waals surface area contributed by atoms with E-state index in [1.807, 2.05) is 0 Å². The second-order valence-corrected chi connectivity index (χ2v) is 3.46. The molecule has 0 saturated heterocycles. The Balaban J connectivity index is 2.13. The SMILES string of the molecule is Cc1occc1C(=O)OC(=O)c1ccoc1C. The van der Waals surface area contributed by atoms with Crippen molar-refractivity contribution in [2.24, 2.45) is 0 Å². The molecule has 0 amide bonds. The molecule has 0 spiro atoms. The molecule has 0 aromatic carbocycles. The molecule has 88 valence electrons. The average Bonchev–Trinajstić information content (AvgIpc) is 2.86. The summed E-state index contributed by atoms with van der Waals surface area (Å²) < 4.78 is 14.6. The van der Waals surface area contributed by atoms with Crippen LogP contribution in [0.4, 0.5) is 0 Å². The molecule has 2 aromatic heterocycles. The second kappa shape index (κ2) is 4.29. The van der Waals surface area contributed by atoms with Crippen LogP contribution in [0.1, 0.15) is 32.2 Å². The van der Waals surface area contributed by atoms with Gasteiger partial charge in [0, 0.05) is 0 Å². The lowest BCUT2D eigenvalue weighted by Gasteiger charge is -2.00. The molecule has 2 aromatic rings. The number of aryl methyl sites for hydroxylation is 2. The summed E-state index contributed by atoms with van der Waals surface area (Å²) in [6.07, 6.45) is 2.72. The second-order valence-electron chi connectivity index (χ2n) is 3.46. The molecule has 5 nitrogen and oxygen atoms in total. The Morgan fingerprint density at radius 2 is 1.35 bits per heavy atom. The van der Waals surface area contributed by atoms with E-state index in [1.54, 1.807) is 13.8 Å². The first-order chi connectivity index (χ1) is 8.09. The monoisotopic (exact) mass is 234 g/mol. The van der Waals surface area contributed by atoms with Crippen LogP contribution in [0.3, 0.4) is 0 Å². The van der Waals surface area contributed by atoms with Gasteiger partial charge in [-0.05, 0) is 26.0 Å². The topological polar surface area (TPSA) is 69.7 Å². The third-order valence-corrected chi connectivity index (χ3v) is 2.34. The summed E-state index contributed by atoms with van der Waals surface area (Å²) in [5.41, 5.74) is 0.471. The molecule has 2 heterocycles. The van der Waals surface area contributed by atoms with Crippen molar-refractivity contribution in [2.75, 3.05) is 0 Å². The van der Waals surface area contributed by atoms with Gasteiger partial charge in [-0.2, -0.15) is 0 Å². The molecule has 17 heavy (non-hydrogen) atoms. The summed E-state index contributed by atoms with van der Waals surface area (Å²) in [4.78, 5) is 23.2. The van der Waals surface area contributed by atoms with Gasteiger partial charge in [-0.25, -0.2) is 9.59 Å². The third-order valence-electron chi connectivity index (χ3n) is 2.34. The quantitative estimate of drug-likeness (QED) is 0.589. The molecule has 0 aliphatic rings. The van der Waals surface area contributed by atoms with Crippen molar-refractivity contribution in [2.45, 2.75) is 13.8 Å². The van der Waals surface area contributed by atoms with E-state index in [9.17, 15) is 9.59 Å². The standard InChI is InChI=1S/C12H10O5/c1-7-9(3-5-15-7)11(13)17-12(14)10-4-6-16-8(10)2/h3-6H,1-2H3. The van der Waals surface area contributed by atoms with Crippen LogP contribution in [0.15, 0.2) is 33.5 Å². The largest absolute Gasteiger partial charge is 0.469 e. The molecule has 0 bridgehead atoms. The van der Waals surface area contributed by atoms with E-state index in [0.29, 0.717) is 11.5 Å². The normalized spacial score (nSPS) is 10.2. The highest BCUT2D eigenvalue weighted by molar-refractivity contribution is 6.03. The van der Waals surface area contributed by atoms with E-state index in [-0.39, 0.29) is 11.1 Å². The molecule has 0 N–H and O–H groups in total. The minimum atomic E-state index is -0.734. The summed E-state index contributed by atoms with van der Waals surface area (Å²) >= 11 is 0. The highest BCUT2D eigenvalue weighted by atomic mass is 16.6. The van der Waals surface area contributed by atoms with Crippen molar-refractivity contribution in [3.63, 3.8) is 0 Å². The lowest BCUT2D eigenvalue weighted by molar-refractivity contribution is 0.0396. The van der Waals surface area contributed by atoms with Crippen molar-refractivity contribution in [1.82, 2.24) is 0 Å². The minimum absolute atomic E-state index is 0.236. The summed E-state index contributed by atoms with van der Waals surface area (Å²) in [5.74, 6) is -0.651. The maximum absolute atomic E-state index is 11.6. The Morgan fingerprint density at radius 3 is 1.65 bits per heavy atom. The van der Waals surface area contributed by atoms with Crippen LogP contribution in [-0.4, -0.2) is 11.9 Å². The lowest BCUT2D eigenvalue weighted by Crippen LogP contribution is -2.13. The number of carbonyl (C=O) groups excluding carboxylic acids is 2. The summed E-state index contributed by atoms with van der Waals surface area (Å²) in [6.45, 7) is 3.23. The van der Waals surface area contributed by atoms with Gasteiger partial charge in [-0.3, -0.25) is 0 Å². The maximum Gasteiger partial charge on any atom is 0.349 e. The average molecular weight is 234 g/mol. The Morgan fingerprint density at radius 1 is 0.941 bits per heavy atom. The van der Waals surface area contributed by atoms with E-state index < -0.39 is 11.9 Å². The van der Waals surface area contributed by atoms with Gasteiger partial charge in [0.15, 0.2) is 0 Å². The van der Waals surface area contributed by atoms with Crippen molar-refractivity contribution >= 4 is 11.9 Å². The Bertz CT molecular complexity index is 511. The van der Waals surface area contributed by atoms with Gasteiger partial charge >= 0.3 is 11.9 Å². The summed E-state index contributed by atoms with van der Waals surface area (Å²) in [6, 6.07) is 2.90. The van der Waals surface area contributed by atoms with E-state index in [1.165, 1.54) is 24.7 Å². The molecule has 0 fully saturated rings. The molecule has 0 radical (unpaired) electrons. The first kappa shape index (κ1) is 11.2. The number of hydrogen-bond acceptors (Lipinski definition) is 5. The predicted octanol–water partition coefficient (Wildman–Crippen LogP) is 2.49. The van der Waals surface area contributed by atoms with Crippen LogP contribution in [-0.2, 0) is 4.74 Å². The van der Waals surface area contributed by atoms with Crippen LogP contribution in [0, 0.1) is 13.8 Å². The fraction of sp³-hybridized carbons (Fsp3) is 0.167. The van der Waals surface area contributed by atoms with Crippen molar-refractivity contribution < 1.29 is 23.2 Å². The fourth-order valence-corrected chi connectivity index (χ4v) is 1.39. The van der Waals surface area contributed by atoms with Gasteiger partial charge in [0.1, 0.15) is 22.6 Å². The zero-order valence-corrected chi connectivity index (χ0v) is 9.35. The van der Waals surface area contributed by atoms with Gasteiger partial charge in [0.2, 0.25) is 0 Å². The van der Waals surface area contributed by atoms with E-state index >= 15 is 0 Å². The first-order valence-corrected chi connectivity index (χ1v) is 4.94. The molecule has 0 aliphatic carbocycles. The Labute approximate surface area is 97.0 Å². The molecular weight excluding hydrogens is 224 g/mol. The first-order valence-electron chi connectivity index (χ1n) is 4.94. The van der Waals surface area contributed by atoms with Crippen LogP contribution < -0.4 is 0 Å². The number of rotatable bonds is 2. The van der Waals surface area contributed by atoms with Crippen molar-refractivity contribution in [3.8, 4) is 0 Å². The van der Waals surface area contributed by atoms with Gasteiger partial charge in [0.05, 0.1) is 12.5 Å². The fourth-order valence-electron chi connectivity index (χ4n) is 1.39. The zero-order chi connectivity index (χ0) is 12.4. The van der Waals surface area contributed by atoms with Gasteiger partial charge in [0.25, 0.3) is 0 Å². The van der Waals surface area contributed by atoms with Gasteiger partial charge < -0.3 is 13.6 Å². The van der Waals surface area contributed by atoms with E-state index in [4.69, 9.17) is 13.6 Å². The lowest BCUT2D eigenvalue weighted by atomic mass is 10.2. The molecule has 0 aliphatic heterocycles. The van der Waals surface area contributed by atoms with Gasteiger partial charge in [-0.15, -0.1) is 0 Å². The zero-order valence-electron chi connectivity index (χ0n) is 9.35. The van der Waals surface area contributed by atoms with Crippen LogP contribution in [0.25, 0.3) is 0 Å². The highest BCUT2D eigenvalue weighted by Crippen LogP contribution is 2.14. The van der Waals surface area contributed by atoms with Crippen molar-refractivity contribution in [1.29, 1.82) is 0 Å². The smallest absolute Gasteiger partial charge is 0.349 e. The molecule has 0 unspecified atom stereocenters. The maximum atomic E-state index is 11.6. The molecule has 0 atom stereocenters. The molecule has 5 heteroatoms. The Kier molecular flexibility index (Phi) is 2.82. The van der Waals surface area contributed by atoms with Crippen LogP contribution >= 0.6 is 0 Å².